The third kappa shape index (κ3) is 3.72. The van der Waals surface area contributed by atoms with Crippen molar-refractivity contribution in [1.29, 1.82) is 0 Å². The minimum Gasteiger partial charge on any atom is -0.465 e. The van der Waals surface area contributed by atoms with Crippen molar-refractivity contribution in [3.63, 3.8) is 0 Å². The second-order valence-corrected chi connectivity index (χ2v) is 8.27. The number of hydrogen-bond acceptors (Lipinski definition) is 5. The number of carbonyl (C=O) groups excluding carboxylic acids is 2. The summed E-state index contributed by atoms with van der Waals surface area (Å²) in [6, 6.07) is 15.3. The van der Waals surface area contributed by atoms with Crippen LogP contribution in [0.3, 0.4) is 0 Å². The molecule has 7 heteroatoms. The van der Waals surface area contributed by atoms with Gasteiger partial charge in [0.15, 0.2) is 5.92 Å². The molecule has 1 aliphatic rings. The molecule has 0 saturated heterocycles. The Hall–Kier alpha value is -3.35. The molecule has 0 aliphatic carbocycles. The van der Waals surface area contributed by atoms with Crippen LogP contribution >= 0.6 is 0 Å². The highest BCUT2D eigenvalue weighted by Crippen LogP contribution is 2.41. The molecule has 168 valence electrons. The summed E-state index contributed by atoms with van der Waals surface area (Å²) in [5.74, 6) is -1.13. The van der Waals surface area contributed by atoms with Crippen LogP contribution in [-0.2, 0) is 14.3 Å². The van der Waals surface area contributed by atoms with E-state index >= 15 is 0 Å². The summed E-state index contributed by atoms with van der Waals surface area (Å²) in [6.07, 6.45) is 1.76. The molecular weight excluding hydrogens is 404 g/mol. The van der Waals surface area contributed by atoms with Gasteiger partial charge in [-0.2, -0.15) is 0 Å². The molecule has 0 spiro atoms. The summed E-state index contributed by atoms with van der Waals surface area (Å²) < 4.78 is 7.43. The van der Waals surface area contributed by atoms with Crippen molar-refractivity contribution < 1.29 is 14.3 Å². The minimum atomic E-state index is -0.970. The number of esters is 1. The monoisotopic (exact) mass is 434 g/mol. The topological polar surface area (TPSA) is 67.7 Å². The Kier molecular flexibility index (Phi) is 6.17. The number of hydrogen-bond donors (Lipinski definition) is 0. The van der Waals surface area contributed by atoms with Crippen molar-refractivity contribution in [3.05, 3.63) is 54.1 Å². The van der Waals surface area contributed by atoms with Gasteiger partial charge in [-0.3, -0.25) is 14.5 Å². The van der Waals surface area contributed by atoms with Gasteiger partial charge in [0.05, 0.1) is 23.7 Å². The summed E-state index contributed by atoms with van der Waals surface area (Å²) >= 11 is 0. The highest BCUT2D eigenvalue weighted by Gasteiger charge is 2.47. The van der Waals surface area contributed by atoms with Gasteiger partial charge in [0.2, 0.25) is 11.9 Å². The van der Waals surface area contributed by atoms with Gasteiger partial charge in [-0.25, -0.2) is 4.98 Å². The Morgan fingerprint density at radius 3 is 2.47 bits per heavy atom. The number of nitrogens with zero attached hydrogens (tertiary/aromatic N) is 4. The number of fused-ring (bicyclic) bond motifs is 3. The number of amides is 1. The SMILES string of the molecule is CCCCN1C(=O)[C@@H](C(=O)OCC)[C@H](c2ccc(N(C)C)cc2)n2c1nc1ccccc12. The maximum Gasteiger partial charge on any atom is 0.321 e. The van der Waals surface area contributed by atoms with Crippen LogP contribution in [-0.4, -0.2) is 48.7 Å². The summed E-state index contributed by atoms with van der Waals surface area (Å²) in [7, 11) is 3.96. The van der Waals surface area contributed by atoms with Crippen molar-refractivity contribution in [3.8, 4) is 0 Å². The molecule has 0 radical (unpaired) electrons. The van der Waals surface area contributed by atoms with E-state index in [1.165, 1.54) is 0 Å². The first-order valence-electron chi connectivity index (χ1n) is 11.2. The smallest absolute Gasteiger partial charge is 0.321 e. The second kappa shape index (κ2) is 9.02. The van der Waals surface area contributed by atoms with Crippen molar-refractivity contribution >= 4 is 34.5 Å². The fourth-order valence-corrected chi connectivity index (χ4v) is 4.35. The Bertz CT molecular complexity index is 1120. The number of imidazole rings is 1. The van der Waals surface area contributed by atoms with E-state index in [1.54, 1.807) is 11.8 Å². The van der Waals surface area contributed by atoms with Gasteiger partial charge in [0.25, 0.3) is 0 Å². The number of unbranched alkanes of at least 4 members (excludes halogenated alkanes) is 1. The zero-order chi connectivity index (χ0) is 22.8. The summed E-state index contributed by atoms with van der Waals surface area (Å²) in [6.45, 7) is 4.58. The third-order valence-electron chi connectivity index (χ3n) is 5.97. The molecule has 0 N–H and O–H groups in total. The molecule has 32 heavy (non-hydrogen) atoms. The van der Waals surface area contributed by atoms with Crippen LogP contribution in [0.5, 0.6) is 0 Å². The second-order valence-electron chi connectivity index (χ2n) is 8.27. The van der Waals surface area contributed by atoms with Gasteiger partial charge >= 0.3 is 5.97 Å². The van der Waals surface area contributed by atoms with E-state index in [0.29, 0.717) is 12.5 Å². The zero-order valence-electron chi connectivity index (χ0n) is 19.1. The fourth-order valence-electron chi connectivity index (χ4n) is 4.35. The molecule has 0 bridgehead atoms. The van der Waals surface area contributed by atoms with Gasteiger partial charge in [-0.05, 0) is 43.2 Å². The molecule has 2 atom stereocenters. The average molecular weight is 435 g/mol. The molecule has 3 aromatic rings. The first-order valence-corrected chi connectivity index (χ1v) is 11.2. The molecule has 1 amide bonds. The van der Waals surface area contributed by atoms with Crippen molar-refractivity contribution in [2.45, 2.75) is 32.7 Å². The summed E-state index contributed by atoms with van der Waals surface area (Å²) in [5, 5.41) is 0. The van der Waals surface area contributed by atoms with E-state index < -0.39 is 17.9 Å². The lowest BCUT2D eigenvalue weighted by molar-refractivity contribution is -0.153. The third-order valence-corrected chi connectivity index (χ3v) is 5.97. The van der Waals surface area contributed by atoms with E-state index in [-0.39, 0.29) is 12.5 Å². The highest BCUT2D eigenvalue weighted by atomic mass is 16.5. The predicted octanol–water partition coefficient (Wildman–Crippen LogP) is 4.02. The van der Waals surface area contributed by atoms with E-state index in [0.717, 1.165) is 35.1 Å². The van der Waals surface area contributed by atoms with E-state index in [2.05, 4.69) is 6.92 Å². The van der Waals surface area contributed by atoms with E-state index in [9.17, 15) is 9.59 Å². The largest absolute Gasteiger partial charge is 0.465 e. The number of benzene rings is 2. The number of carbonyl (C=O) groups is 2. The number of aromatic nitrogens is 2. The highest BCUT2D eigenvalue weighted by molar-refractivity contribution is 6.08. The average Bonchev–Trinajstić information content (AvgIpc) is 3.17. The van der Waals surface area contributed by atoms with E-state index in [1.807, 2.05) is 72.1 Å². The van der Waals surface area contributed by atoms with Crippen LogP contribution in [0, 0.1) is 5.92 Å². The number of anilines is 2. The number of ether oxygens (including phenoxy) is 1. The van der Waals surface area contributed by atoms with Crippen LogP contribution in [0.15, 0.2) is 48.5 Å². The number of rotatable bonds is 7. The maximum atomic E-state index is 13.7. The molecule has 0 saturated carbocycles. The maximum absolute atomic E-state index is 13.7. The zero-order valence-corrected chi connectivity index (χ0v) is 19.1. The van der Waals surface area contributed by atoms with Gasteiger partial charge in [0.1, 0.15) is 0 Å². The molecule has 2 aromatic carbocycles. The predicted molar refractivity (Wildman–Crippen MR) is 126 cm³/mol. The molecule has 4 rings (SSSR count). The van der Waals surface area contributed by atoms with Crippen molar-refractivity contribution in [1.82, 2.24) is 9.55 Å². The molecule has 1 aliphatic heterocycles. The first kappa shape index (κ1) is 21.9. The standard InChI is InChI=1S/C25H30N4O3/c1-5-7-16-28-23(30)21(24(31)32-6-2)22(17-12-14-18(15-13-17)27(3)4)29-20-11-9-8-10-19(20)26-25(28)29/h8-15,21-22H,5-7,16H2,1-4H3/t21-,22-/m0/s1. The Morgan fingerprint density at radius 1 is 1.09 bits per heavy atom. The quantitative estimate of drug-likeness (QED) is 0.415. The van der Waals surface area contributed by atoms with Gasteiger partial charge < -0.3 is 14.2 Å². The molecule has 1 aromatic heterocycles. The van der Waals surface area contributed by atoms with Gasteiger partial charge in [0, 0.05) is 26.3 Å². The minimum absolute atomic E-state index is 0.224. The van der Waals surface area contributed by atoms with Crippen LogP contribution in [0.25, 0.3) is 11.0 Å². The molecule has 0 unspecified atom stereocenters. The van der Waals surface area contributed by atoms with Crippen LogP contribution in [0.1, 0.15) is 38.3 Å². The van der Waals surface area contributed by atoms with Crippen LogP contribution in [0.2, 0.25) is 0 Å². The molecule has 7 nitrogen and oxygen atoms in total. The lowest BCUT2D eigenvalue weighted by Crippen LogP contribution is -2.50. The van der Waals surface area contributed by atoms with Gasteiger partial charge in [-0.15, -0.1) is 0 Å². The summed E-state index contributed by atoms with van der Waals surface area (Å²) in [5.41, 5.74) is 3.62. The Balaban J connectivity index is 1.94. The van der Waals surface area contributed by atoms with Crippen LogP contribution < -0.4 is 9.80 Å². The normalized spacial score (nSPS) is 18.0. The van der Waals surface area contributed by atoms with Crippen LogP contribution in [0.4, 0.5) is 11.6 Å². The first-order chi connectivity index (χ1) is 15.5. The van der Waals surface area contributed by atoms with Crippen molar-refractivity contribution in [2.75, 3.05) is 37.0 Å². The van der Waals surface area contributed by atoms with Crippen molar-refractivity contribution in [2.24, 2.45) is 5.92 Å². The fraction of sp³-hybridized carbons (Fsp3) is 0.400. The Morgan fingerprint density at radius 2 is 1.81 bits per heavy atom. The van der Waals surface area contributed by atoms with E-state index in [4.69, 9.17) is 9.72 Å². The lowest BCUT2D eigenvalue weighted by atomic mass is 9.89. The molecule has 2 heterocycles. The van der Waals surface area contributed by atoms with Gasteiger partial charge in [-0.1, -0.05) is 37.6 Å². The molecular formula is C25H30N4O3. The number of para-hydroxylation sites is 2. The Labute approximate surface area is 188 Å². The summed E-state index contributed by atoms with van der Waals surface area (Å²) in [4.78, 5) is 35.3. The lowest BCUT2D eigenvalue weighted by Gasteiger charge is -2.38. The molecule has 0 fully saturated rings.